The van der Waals surface area contributed by atoms with Crippen LogP contribution in [0.2, 0.25) is 0 Å². The van der Waals surface area contributed by atoms with Crippen molar-refractivity contribution >= 4 is 17.5 Å². The molecule has 0 fully saturated rings. The molecular formula is C18H23N3O4. The van der Waals surface area contributed by atoms with E-state index in [2.05, 4.69) is 10.3 Å². The highest BCUT2D eigenvalue weighted by Crippen LogP contribution is 2.27. The van der Waals surface area contributed by atoms with Gasteiger partial charge in [0, 0.05) is 13.0 Å². The van der Waals surface area contributed by atoms with Crippen molar-refractivity contribution in [2.75, 3.05) is 11.9 Å². The van der Waals surface area contributed by atoms with Crippen LogP contribution < -0.4 is 10.9 Å². The lowest BCUT2D eigenvalue weighted by Gasteiger charge is -2.20. The van der Waals surface area contributed by atoms with Gasteiger partial charge in [-0.25, -0.2) is 9.78 Å². The fourth-order valence-corrected chi connectivity index (χ4v) is 2.76. The zero-order valence-electron chi connectivity index (χ0n) is 13.4. The standard InChI is InChI=1S/C17H19N3O4.CH4/c1-2-24-17(23)14-15(18-11-7-3-4-8-12(11)21)19-13-9-5-6-10-20(13)16(14)22;/h3-4,7-8,18,21H,2,5-6,9-10H2,1H3;1H4. The summed E-state index contributed by atoms with van der Waals surface area (Å²) in [5.74, 6) is 0.0473. The number of carbonyl (C=O) groups excluding carboxylic acids is 1. The molecule has 0 saturated heterocycles. The Bertz CT molecular complexity index is 830. The van der Waals surface area contributed by atoms with E-state index in [0.29, 0.717) is 24.5 Å². The highest BCUT2D eigenvalue weighted by atomic mass is 16.5. The first-order valence-electron chi connectivity index (χ1n) is 7.97. The SMILES string of the molecule is C.CCOC(=O)c1c(Nc2ccccc2O)nc2n(c1=O)CCCC2. The van der Waals surface area contributed by atoms with Crippen molar-refractivity contribution < 1.29 is 14.6 Å². The Hall–Kier alpha value is -2.83. The number of aryl methyl sites for hydroxylation is 1. The number of nitrogens with zero attached hydrogens (tertiary/aromatic N) is 2. The number of benzene rings is 1. The maximum absolute atomic E-state index is 12.7. The Morgan fingerprint density at radius 3 is 2.84 bits per heavy atom. The van der Waals surface area contributed by atoms with E-state index in [9.17, 15) is 14.7 Å². The molecule has 0 spiro atoms. The van der Waals surface area contributed by atoms with Gasteiger partial charge >= 0.3 is 5.97 Å². The molecule has 3 rings (SSSR count). The van der Waals surface area contributed by atoms with Gasteiger partial charge in [-0.3, -0.25) is 9.36 Å². The van der Waals surface area contributed by atoms with Crippen LogP contribution >= 0.6 is 0 Å². The first-order valence-corrected chi connectivity index (χ1v) is 7.97. The Labute approximate surface area is 146 Å². The fourth-order valence-electron chi connectivity index (χ4n) is 2.76. The number of esters is 1. The van der Waals surface area contributed by atoms with Crippen LogP contribution in [-0.4, -0.2) is 27.2 Å². The first-order chi connectivity index (χ1) is 11.6. The Morgan fingerprint density at radius 1 is 1.36 bits per heavy atom. The summed E-state index contributed by atoms with van der Waals surface area (Å²) in [7, 11) is 0. The molecular weight excluding hydrogens is 322 g/mol. The van der Waals surface area contributed by atoms with E-state index in [1.165, 1.54) is 10.6 Å². The van der Waals surface area contributed by atoms with E-state index in [-0.39, 0.29) is 31.2 Å². The van der Waals surface area contributed by atoms with E-state index in [4.69, 9.17) is 4.74 Å². The van der Waals surface area contributed by atoms with E-state index in [1.54, 1.807) is 25.1 Å². The molecule has 0 bridgehead atoms. The van der Waals surface area contributed by atoms with Crippen molar-refractivity contribution in [2.45, 2.75) is 40.2 Å². The lowest BCUT2D eigenvalue weighted by atomic mass is 10.1. The molecule has 1 aromatic carbocycles. The van der Waals surface area contributed by atoms with Gasteiger partial charge in [0.1, 0.15) is 11.6 Å². The summed E-state index contributed by atoms with van der Waals surface area (Å²) in [4.78, 5) is 29.5. The highest BCUT2D eigenvalue weighted by molar-refractivity contribution is 5.95. The number of fused-ring (bicyclic) bond motifs is 1. The molecule has 0 radical (unpaired) electrons. The quantitative estimate of drug-likeness (QED) is 0.654. The van der Waals surface area contributed by atoms with Crippen LogP contribution in [0.4, 0.5) is 11.5 Å². The van der Waals surface area contributed by atoms with Crippen LogP contribution in [0.15, 0.2) is 29.1 Å². The monoisotopic (exact) mass is 345 g/mol. The van der Waals surface area contributed by atoms with E-state index in [1.807, 2.05) is 0 Å². The average Bonchev–Trinajstić information content (AvgIpc) is 2.57. The van der Waals surface area contributed by atoms with Gasteiger partial charge in [0.2, 0.25) is 0 Å². The molecule has 2 heterocycles. The van der Waals surface area contributed by atoms with Gasteiger partial charge in [-0.05, 0) is 31.9 Å². The minimum absolute atomic E-state index is 0. The zero-order valence-corrected chi connectivity index (χ0v) is 13.4. The molecule has 0 saturated carbocycles. The second-order valence-electron chi connectivity index (χ2n) is 5.53. The van der Waals surface area contributed by atoms with Crippen molar-refractivity contribution in [1.82, 2.24) is 9.55 Å². The number of ether oxygens (including phenoxy) is 1. The number of aromatic nitrogens is 2. The van der Waals surface area contributed by atoms with Crippen LogP contribution in [0.5, 0.6) is 5.75 Å². The fraction of sp³-hybridized carbons (Fsp3) is 0.389. The maximum atomic E-state index is 12.7. The molecule has 0 atom stereocenters. The molecule has 2 aromatic rings. The van der Waals surface area contributed by atoms with Crippen molar-refractivity contribution in [3.63, 3.8) is 0 Å². The van der Waals surface area contributed by atoms with Crippen LogP contribution in [0.25, 0.3) is 0 Å². The molecule has 2 N–H and O–H groups in total. The Kier molecular flexibility index (Phi) is 5.80. The van der Waals surface area contributed by atoms with E-state index < -0.39 is 11.5 Å². The van der Waals surface area contributed by atoms with Gasteiger partial charge in [0.05, 0.1) is 12.3 Å². The molecule has 7 heteroatoms. The number of aromatic hydroxyl groups is 1. The van der Waals surface area contributed by atoms with Crippen LogP contribution in [-0.2, 0) is 17.7 Å². The molecule has 0 amide bonds. The number of phenols is 1. The molecule has 1 aliphatic rings. The van der Waals surface area contributed by atoms with Gasteiger partial charge in [-0.15, -0.1) is 0 Å². The smallest absolute Gasteiger partial charge is 0.347 e. The third kappa shape index (κ3) is 3.65. The largest absolute Gasteiger partial charge is 0.506 e. The molecule has 1 aliphatic heterocycles. The van der Waals surface area contributed by atoms with Crippen molar-refractivity contribution in [1.29, 1.82) is 0 Å². The molecule has 7 nitrogen and oxygen atoms in total. The summed E-state index contributed by atoms with van der Waals surface area (Å²) in [6.07, 6.45) is 2.50. The van der Waals surface area contributed by atoms with Gasteiger partial charge in [-0.1, -0.05) is 19.6 Å². The number of para-hydroxylation sites is 2. The Balaban J connectivity index is 0.00000225. The predicted octanol–water partition coefficient (Wildman–Crippen LogP) is 2.84. The lowest BCUT2D eigenvalue weighted by molar-refractivity contribution is 0.0524. The molecule has 0 unspecified atom stereocenters. The second kappa shape index (κ2) is 7.83. The maximum Gasteiger partial charge on any atom is 0.347 e. The predicted molar refractivity (Wildman–Crippen MR) is 95.5 cm³/mol. The minimum atomic E-state index is -0.714. The Morgan fingerprint density at radius 2 is 2.12 bits per heavy atom. The number of rotatable bonds is 4. The van der Waals surface area contributed by atoms with Crippen molar-refractivity contribution in [2.24, 2.45) is 0 Å². The summed E-state index contributed by atoms with van der Waals surface area (Å²) >= 11 is 0. The number of anilines is 2. The zero-order chi connectivity index (χ0) is 17.1. The summed E-state index contributed by atoms with van der Waals surface area (Å²) in [6.45, 7) is 2.39. The van der Waals surface area contributed by atoms with Gasteiger partial charge in [-0.2, -0.15) is 0 Å². The third-order valence-corrected chi connectivity index (χ3v) is 3.92. The first kappa shape index (κ1) is 18.5. The van der Waals surface area contributed by atoms with E-state index >= 15 is 0 Å². The van der Waals surface area contributed by atoms with Gasteiger partial charge in [0.15, 0.2) is 11.4 Å². The topological polar surface area (TPSA) is 93.4 Å². The lowest BCUT2D eigenvalue weighted by Crippen LogP contribution is -2.34. The molecule has 25 heavy (non-hydrogen) atoms. The second-order valence-corrected chi connectivity index (χ2v) is 5.53. The summed E-state index contributed by atoms with van der Waals surface area (Å²) in [5.41, 5.74) is -0.169. The molecule has 0 aliphatic carbocycles. The normalized spacial score (nSPS) is 12.7. The summed E-state index contributed by atoms with van der Waals surface area (Å²) in [5, 5.41) is 12.8. The number of phenolic OH excluding ortho intramolecular Hbond substituents is 1. The number of hydrogen-bond donors (Lipinski definition) is 2. The number of carbonyl (C=O) groups is 1. The summed E-state index contributed by atoms with van der Waals surface area (Å²) in [6, 6.07) is 6.57. The third-order valence-electron chi connectivity index (χ3n) is 3.92. The summed E-state index contributed by atoms with van der Waals surface area (Å²) < 4.78 is 6.55. The highest BCUT2D eigenvalue weighted by Gasteiger charge is 2.25. The van der Waals surface area contributed by atoms with Crippen LogP contribution in [0, 0.1) is 0 Å². The van der Waals surface area contributed by atoms with Crippen LogP contribution in [0.3, 0.4) is 0 Å². The van der Waals surface area contributed by atoms with Crippen molar-refractivity contribution in [3.05, 3.63) is 46.0 Å². The van der Waals surface area contributed by atoms with Gasteiger partial charge in [0.25, 0.3) is 5.56 Å². The molecule has 134 valence electrons. The van der Waals surface area contributed by atoms with Crippen LogP contribution in [0.1, 0.15) is 43.4 Å². The number of nitrogens with one attached hydrogen (secondary N) is 1. The molecule has 1 aromatic heterocycles. The van der Waals surface area contributed by atoms with Crippen molar-refractivity contribution in [3.8, 4) is 5.75 Å². The van der Waals surface area contributed by atoms with E-state index in [0.717, 1.165) is 12.8 Å². The number of hydrogen-bond acceptors (Lipinski definition) is 6. The minimum Gasteiger partial charge on any atom is -0.506 e. The average molecular weight is 345 g/mol. The van der Waals surface area contributed by atoms with Gasteiger partial charge < -0.3 is 15.2 Å².